The van der Waals surface area contributed by atoms with Gasteiger partial charge in [0.15, 0.2) is 11.2 Å². The first-order valence-electron chi connectivity index (χ1n) is 5.32. The highest BCUT2D eigenvalue weighted by molar-refractivity contribution is 5.69. The standard InChI is InChI=1S/C9H12FN5O3/c1-3-4-18-14(2)9-13-6-5(7(16)15(9)10)11-8(17)12-6/h3-4H2,1-2H3,(H2,11,12,17). The maximum Gasteiger partial charge on any atom is 0.325 e. The molecule has 0 unspecified atom stereocenters. The van der Waals surface area contributed by atoms with Crippen LogP contribution in [-0.2, 0) is 4.84 Å². The Morgan fingerprint density at radius 1 is 1.44 bits per heavy atom. The van der Waals surface area contributed by atoms with Crippen LogP contribution in [0.5, 0.6) is 0 Å². The van der Waals surface area contributed by atoms with E-state index in [0.29, 0.717) is 6.61 Å². The van der Waals surface area contributed by atoms with Crippen molar-refractivity contribution in [3.63, 3.8) is 0 Å². The lowest BCUT2D eigenvalue weighted by atomic mass is 10.5. The Balaban J connectivity index is 2.54. The normalized spacial score (nSPS) is 11.1. The lowest BCUT2D eigenvalue weighted by Crippen LogP contribution is -2.27. The zero-order valence-electron chi connectivity index (χ0n) is 9.86. The van der Waals surface area contributed by atoms with Crippen molar-refractivity contribution >= 4 is 17.1 Å². The van der Waals surface area contributed by atoms with E-state index >= 15 is 0 Å². The van der Waals surface area contributed by atoms with E-state index in [9.17, 15) is 14.1 Å². The van der Waals surface area contributed by atoms with Gasteiger partial charge in [-0.3, -0.25) is 19.6 Å². The third kappa shape index (κ3) is 1.99. The number of nitrogens with one attached hydrogen (secondary N) is 2. The Morgan fingerprint density at radius 2 is 2.17 bits per heavy atom. The van der Waals surface area contributed by atoms with E-state index in [-0.39, 0.29) is 21.9 Å². The van der Waals surface area contributed by atoms with Gasteiger partial charge >= 0.3 is 11.2 Å². The first-order valence-corrected chi connectivity index (χ1v) is 5.32. The van der Waals surface area contributed by atoms with E-state index in [0.717, 1.165) is 11.5 Å². The first kappa shape index (κ1) is 12.3. The maximum atomic E-state index is 13.7. The summed E-state index contributed by atoms with van der Waals surface area (Å²) in [7, 11) is 1.42. The molecular weight excluding hydrogens is 245 g/mol. The van der Waals surface area contributed by atoms with E-state index in [1.54, 1.807) is 0 Å². The van der Waals surface area contributed by atoms with Crippen LogP contribution in [0, 0.1) is 0 Å². The molecule has 0 bridgehead atoms. The van der Waals surface area contributed by atoms with Gasteiger partial charge in [-0.2, -0.15) is 4.98 Å². The number of aromatic nitrogens is 4. The van der Waals surface area contributed by atoms with Crippen LogP contribution in [0.25, 0.3) is 11.2 Å². The van der Waals surface area contributed by atoms with E-state index in [2.05, 4.69) is 15.0 Å². The third-order valence-electron chi connectivity index (χ3n) is 2.26. The Hall–Kier alpha value is -2.16. The average Bonchev–Trinajstić information content (AvgIpc) is 2.71. The molecule has 0 aromatic carbocycles. The second kappa shape index (κ2) is 4.61. The van der Waals surface area contributed by atoms with Gasteiger partial charge in [0.25, 0.3) is 5.95 Å². The summed E-state index contributed by atoms with van der Waals surface area (Å²) in [4.78, 5) is 35.9. The second-order valence-corrected chi connectivity index (χ2v) is 3.63. The van der Waals surface area contributed by atoms with E-state index < -0.39 is 11.2 Å². The molecule has 2 aromatic rings. The summed E-state index contributed by atoms with van der Waals surface area (Å²) in [6.45, 7) is 2.24. The van der Waals surface area contributed by atoms with Crippen LogP contribution >= 0.6 is 0 Å². The SMILES string of the molecule is CCCON(C)c1nc2[nH]c(=O)[nH]c2c(=O)n1F. The lowest BCUT2D eigenvalue weighted by Gasteiger charge is -2.17. The number of H-pyrrole nitrogens is 2. The van der Waals surface area contributed by atoms with Crippen molar-refractivity contribution in [1.29, 1.82) is 0 Å². The molecule has 98 valence electrons. The summed E-state index contributed by atoms with van der Waals surface area (Å²) in [6.07, 6.45) is 0.726. The minimum absolute atomic E-state index is 0.0131. The molecule has 0 saturated heterocycles. The molecular formula is C9H12FN5O3. The van der Waals surface area contributed by atoms with Gasteiger partial charge < -0.3 is 0 Å². The number of fused-ring (bicyclic) bond motifs is 1. The number of imidazole rings is 1. The summed E-state index contributed by atoms with van der Waals surface area (Å²) < 4.78 is 13.7. The minimum atomic E-state index is -1.000. The van der Waals surface area contributed by atoms with Gasteiger partial charge in [0, 0.05) is 7.05 Å². The van der Waals surface area contributed by atoms with Gasteiger partial charge in [0.2, 0.25) is 0 Å². The van der Waals surface area contributed by atoms with Gasteiger partial charge in [0.1, 0.15) is 0 Å². The van der Waals surface area contributed by atoms with E-state index in [1.807, 2.05) is 6.92 Å². The molecule has 0 aliphatic heterocycles. The van der Waals surface area contributed by atoms with Crippen molar-refractivity contribution in [2.75, 3.05) is 18.7 Å². The molecule has 0 radical (unpaired) electrons. The number of nitrogens with zero attached hydrogens (tertiary/aromatic N) is 3. The van der Waals surface area contributed by atoms with Crippen molar-refractivity contribution in [1.82, 2.24) is 19.7 Å². The minimum Gasteiger partial charge on any atom is -0.300 e. The predicted molar refractivity (Wildman–Crippen MR) is 62.1 cm³/mol. The zero-order chi connectivity index (χ0) is 13.3. The Labute approximate surface area is 99.9 Å². The third-order valence-corrected chi connectivity index (χ3v) is 2.26. The van der Waals surface area contributed by atoms with Crippen LogP contribution in [0.1, 0.15) is 13.3 Å². The summed E-state index contributed by atoms with van der Waals surface area (Å²) >= 11 is 0. The smallest absolute Gasteiger partial charge is 0.300 e. The molecule has 8 nitrogen and oxygen atoms in total. The summed E-state index contributed by atoms with van der Waals surface area (Å²) in [5.74, 6) is -0.337. The number of anilines is 1. The molecule has 0 aliphatic carbocycles. The first-order chi connectivity index (χ1) is 8.54. The fraction of sp³-hybridized carbons (Fsp3) is 0.444. The molecule has 0 saturated carbocycles. The van der Waals surface area contributed by atoms with Crippen LogP contribution in [0.15, 0.2) is 9.59 Å². The van der Waals surface area contributed by atoms with Gasteiger partial charge in [0.05, 0.1) is 6.61 Å². The number of rotatable bonds is 4. The van der Waals surface area contributed by atoms with Crippen molar-refractivity contribution in [3.8, 4) is 0 Å². The topological polar surface area (TPSA) is 96.0 Å². The number of aromatic amines is 2. The molecule has 0 spiro atoms. The lowest BCUT2D eigenvalue weighted by molar-refractivity contribution is 0.111. The molecule has 2 heterocycles. The van der Waals surface area contributed by atoms with Gasteiger partial charge in [-0.15, -0.1) is 4.79 Å². The van der Waals surface area contributed by atoms with Gasteiger partial charge in [-0.05, 0) is 6.42 Å². The number of hydrogen-bond donors (Lipinski definition) is 2. The quantitative estimate of drug-likeness (QED) is 0.747. The second-order valence-electron chi connectivity index (χ2n) is 3.63. The highest BCUT2D eigenvalue weighted by atomic mass is 19.2. The van der Waals surface area contributed by atoms with E-state index in [1.165, 1.54) is 7.05 Å². The van der Waals surface area contributed by atoms with Gasteiger partial charge in [-0.1, -0.05) is 11.4 Å². The number of hydroxylamine groups is 1. The van der Waals surface area contributed by atoms with E-state index in [4.69, 9.17) is 4.84 Å². The van der Waals surface area contributed by atoms with Crippen LogP contribution in [0.3, 0.4) is 0 Å². The molecule has 0 amide bonds. The largest absolute Gasteiger partial charge is 0.325 e. The molecule has 0 aliphatic rings. The fourth-order valence-electron chi connectivity index (χ4n) is 1.43. The van der Waals surface area contributed by atoms with Crippen LogP contribution < -0.4 is 16.3 Å². The Bertz CT molecular complexity index is 673. The Morgan fingerprint density at radius 3 is 2.83 bits per heavy atom. The van der Waals surface area contributed by atoms with Crippen molar-refractivity contribution < 1.29 is 9.32 Å². The van der Waals surface area contributed by atoms with Crippen LogP contribution in [0.4, 0.5) is 10.4 Å². The molecule has 2 aromatic heterocycles. The van der Waals surface area contributed by atoms with Crippen LogP contribution in [-0.4, -0.2) is 33.4 Å². The van der Waals surface area contributed by atoms with Crippen LogP contribution in [0.2, 0.25) is 0 Å². The summed E-state index contributed by atoms with van der Waals surface area (Å²) in [5, 5.41) is 1.04. The van der Waals surface area contributed by atoms with Crippen molar-refractivity contribution in [2.45, 2.75) is 13.3 Å². The number of hydrogen-bond acceptors (Lipinski definition) is 5. The van der Waals surface area contributed by atoms with Crippen molar-refractivity contribution in [2.24, 2.45) is 0 Å². The molecule has 0 fully saturated rings. The molecule has 0 atom stereocenters. The molecule has 2 rings (SSSR count). The molecule has 9 heteroatoms. The molecule has 18 heavy (non-hydrogen) atoms. The predicted octanol–water partition coefficient (Wildman–Crippen LogP) is -0.0767. The maximum absolute atomic E-state index is 13.7. The Kier molecular flexibility index (Phi) is 3.15. The molecule has 2 N–H and O–H groups in total. The highest BCUT2D eigenvalue weighted by Gasteiger charge is 2.16. The highest BCUT2D eigenvalue weighted by Crippen LogP contribution is 2.10. The summed E-state index contributed by atoms with van der Waals surface area (Å²) in [6, 6.07) is 0. The monoisotopic (exact) mass is 257 g/mol. The summed E-state index contributed by atoms with van der Waals surface area (Å²) in [5.41, 5.74) is -1.85. The fourth-order valence-corrected chi connectivity index (χ4v) is 1.43. The zero-order valence-corrected chi connectivity index (χ0v) is 9.86. The number of halogens is 1. The van der Waals surface area contributed by atoms with Gasteiger partial charge in [-0.25, -0.2) is 9.86 Å². The average molecular weight is 257 g/mol. The van der Waals surface area contributed by atoms with Crippen molar-refractivity contribution in [3.05, 3.63) is 20.8 Å².